The summed E-state index contributed by atoms with van der Waals surface area (Å²) >= 11 is 0. The molecule has 82 valence electrons. The third-order valence-corrected chi connectivity index (χ3v) is 3.29. The van der Waals surface area contributed by atoms with E-state index in [2.05, 4.69) is 6.92 Å². The van der Waals surface area contributed by atoms with Crippen molar-refractivity contribution in [3.8, 4) is 0 Å². The van der Waals surface area contributed by atoms with Crippen LogP contribution in [0.3, 0.4) is 0 Å². The van der Waals surface area contributed by atoms with Gasteiger partial charge in [0.15, 0.2) is 5.60 Å². The van der Waals surface area contributed by atoms with E-state index < -0.39 is 11.6 Å². The van der Waals surface area contributed by atoms with Gasteiger partial charge in [-0.3, -0.25) is 0 Å². The first-order valence-corrected chi connectivity index (χ1v) is 5.32. The van der Waals surface area contributed by atoms with E-state index in [0.717, 1.165) is 25.7 Å². The molecule has 0 aromatic heterocycles. The zero-order valence-electron chi connectivity index (χ0n) is 9.05. The summed E-state index contributed by atoms with van der Waals surface area (Å²) in [4.78, 5) is 10.8. The highest BCUT2D eigenvalue weighted by molar-refractivity contribution is 5.76. The summed E-state index contributed by atoms with van der Waals surface area (Å²) in [5.41, 5.74) is -1.55. The Morgan fingerprint density at radius 2 is 1.86 bits per heavy atom. The minimum Gasteiger partial charge on any atom is -0.479 e. The first kappa shape index (κ1) is 11.5. The highest BCUT2D eigenvalue weighted by Crippen LogP contribution is 2.41. The van der Waals surface area contributed by atoms with Crippen molar-refractivity contribution in [2.75, 3.05) is 0 Å². The summed E-state index contributed by atoms with van der Waals surface area (Å²) in [6.07, 6.45) is 6.01. The first-order valence-electron chi connectivity index (χ1n) is 5.32. The molecule has 0 aromatic carbocycles. The Morgan fingerprint density at radius 3 is 2.29 bits per heavy atom. The average Bonchev–Trinajstić information content (AvgIpc) is 2.03. The number of rotatable bonds is 3. The summed E-state index contributed by atoms with van der Waals surface area (Å²) in [5, 5.41) is 18.5. The smallest absolute Gasteiger partial charge is 0.335 e. The number of hydrogen-bond acceptors (Lipinski definition) is 2. The number of aliphatic hydroxyl groups is 1. The Morgan fingerprint density at radius 1 is 1.36 bits per heavy atom. The van der Waals surface area contributed by atoms with Gasteiger partial charge in [-0.1, -0.05) is 26.2 Å². The van der Waals surface area contributed by atoms with Crippen LogP contribution < -0.4 is 0 Å². The van der Waals surface area contributed by atoms with E-state index in [1.54, 1.807) is 0 Å². The van der Waals surface area contributed by atoms with E-state index in [1.165, 1.54) is 13.3 Å². The third kappa shape index (κ3) is 2.71. The van der Waals surface area contributed by atoms with Gasteiger partial charge in [-0.15, -0.1) is 0 Å². The Hall–Kier alpha value is -0.570. The average molecular weight is 200 g/mol. The van der Waals surface area contributed by atoms with Gasteiger partial charge in [0.2, 0.25) is 0 Å². The number of hydrogen-bond donors (Lipinski definition) is 2. The zero-order valence-corrected chi connectivity index (χ0v) is 9.05. The van der Waals surface area contributed by atoms with Crippen LogP contribution in [0.5, 0.6) is 0 Å². The number of carboxylic acids is 1. The van der Waals surface area contributed by atoms with Gasteiger partial charge >= 0.3 is 5.97 Å². The van der Waals surface area contributed by atoms with Gasteiger partial charge in [0.25, 0.3) is 0 Å². The minimum absolute atomic E-state index is 0.0140. The van der Waals surface area contributed by atoms with E-state index >= 15 is 0 Å². The van der Waals surface area contributed by atoms with Crippen molar-refractivity contribution in [1.29, 1.82) is 0 Å². The summed E-state index contributed by atoms with van der Waals surface area (Å²) in [6, 6.07) is 0. The fraction of sp³-hybridized carbons (Fsp3) is 0.909. The van der Waals surface area contributed by atoms with E-state index in [4.69, 9.17) is 5.11 Å². The van der Waals surface area contributed by atoms with Gasteiger partial charge in [-0.25, -0.2) is 4.79 Å². The lowest BCUT2D eigenvalue weighted by Gasteiger charge is -2.37. The Balaban J connectivity index is 2.61. The van der Waals surface area contributed by atoms with Gasteiger partial charge < -0.3 is 10.2 Å². The van der Waals surface area contributed by atoms with Gasteiger partial charge in [0, 0.05) is 0 Å². The molecule has 0 bridgehead atoms. The SMILES string of the molecule is CC1(CC(C)(O)C(=O)O)CCCCC1. The molecule has 1 rings (SSSR count). The molecule has 3 heteroatoms. The summed E-state index contributed by atoms with van der Waals surface area (Å²) in [7, 11) is 0. The molecule has 14 heavy (non-hydrogen) atoms. The Bertz CT molecular complexity index is 215. The van der Waals surface area contributed by atoms with E-state index in [0.29, 0.717) is 6.42 Å². The Kier molecular flexibility index (Phi) is 3.20. The van der Waals surface area contributed by atoms with Crippen LogP contribution in [-0.4, -0.2) is 21.8 Å². The molecule has 0 spiro atoms. The second-order valence-corrected chi connectivity index (χ2v) is 5.13. The van der Waals surface area contributed by atoms with Crippen LogP contribution in [0.15, 0.2) is 0 Å². The zero-order chi connectivity index (χ0) is 10.8. The molecule has 0 radical (unpaired) electrons. The molecule has 0 heterocycles. The molecule has 0 aromatic rings. The van der Waals surface area contributed by atoms with Crippen LogP contribution in [0.1, 0.15) is 52.4 Å². The van der Waals surface area contributed by atoms with Crippen molar-refractivity contribution < 1.29 is 15.0 Å². The second-order valence-electron chi connectivity index (χ2n) is 5.13. The fourth-order valence-electron chi connectivity index (χ4n) is 2.49. The van der Waals surface area contributed by atoms with Crippen molar-refractivity contribution in [3.63, 3.8) is 0 Å². The molecule has 0 aliphatic heterocycles. The van der Waals surface area contributed by atoms with Gasteiger partial charge in [-0.2, -0.15) is 0 Å². The molecule has 1 saturated carbocycles. The van der Waals surface area contributed by atoms with Gasteiger partial charge in [0.1, 0.15) is 0 Å². The van der Waals surface area contributed by atoms with Crippen LogP contribution in [0.25, 0.3) is 0 Å². The topological polar surface area (TPSA) is 57.5 Å². The van der Waals surface area contributed by atoms with Crippen LogP contribution >= 0.6 is 0 Å². The third-order valence-electron chi connectivity index (χ3n) is 3.29. The molecule has 3 nitrogen and oxygen atoms in total. The monoisotopic (exact) mass is 200 g/mol. The molecule has 2 N–H and O–H groups in total. The Labute approximate surface area is 85.1 Å². The number of carboxylic acid groups (broad SMARTS) is 1. The predicted molar refractivity (Wildman–Crippen MR) is 54.1 cm³/mol. The molecule has 1 atom stereocenters. The van der Waals surface area contributed by atoms with Crippen molar-refractivity contribution >= 4 is 5.97 Å². The van der Waals surface area contributed by atoms with Crippen molar-refractivity contribution in [1.82, 2.24) is 0 Å². The van der Waals surface area contributed by atoms with Crippen LogP contribution in [0, 0.1) is 5.41 Å². The van der Waals surface area contributed by atoms with Gasteiger partial charge in [-0.05, 0) is 31.6 Å². The molecule has 1 aliphatic rings. The maximum atomic E-state index is 10.8. The lowest BCUT2D eigenvalue weighted by Crippen LogP contribution is -2.41. The largest absolute Gasteiger partial charge is 0.479 e. The van der Waals surface area contributed by atoms with Crippen LogP contribution in [-0.2, 0) is 4.79 Å². The summed E-state index contributed by atoms with van der Waals surface area (Å²) in [6.45, 7) is 3.48. The maximum absolute atomic E-state index is 10.8. The van der Waals surface area contributed by atoms with E-state index in [-0.39, 0.29) is 5.41 Å². The highest BCUT2D eigenvalue weighted by atomic mass is 16.4. The summed E-state index contributed by atoms with van der Waals surface area (Å²) < 4.78 is 0. The lowest BCUT2D eigenvalue weighted by molar-refractivity contribution is -0.160. The normalized spacial score (nSPS) is 25.4. The molecule has 1 unspecified atom stereocenters. The van der Waals surface area contributed by atoms with Gasteiger partial charge in [0.05, 0.1) is 0 Å². The molecule has 0 saturated heterocycles. The first-order chi connectivity index (χ1) is 6.36. The lowest BCUT2D eigenvalue weighted by atomic mass is 9.69. The van der Waals surface area contributed by atoms with Crippen molar-refractivity contribution in [2.45, 2.75) is 58.0 Å². The molecule has 0 amide bonds. The van der Waals surface area contributed by atoms with E-state index in [9.17, 15) is 9.90 Å². The van der Waals surface area contributed by atoms with Crippen molar-refractivity contribution in [2.24, 2.45) is 5.41 Å². The standard InChI is InChI=1S/C11H20O3/c1-10(6-4-3-5-7-10)8-11(2,14)9(12)13/h14H,3-8H2,1-2H3,(H,12,13). The van der Waals surface area contributed by atoms with E-state index in [1.807, 2.05) is 0 Å². The number of aliphatic carboxylic acids is 1. The molecule has 1 aliphatic carbocycles. The van der Waals surface area contributed by atoms with Crippen molar-refractivity contribution in [3.05, 3.63) is 0 Å². The highest BCUT2D eigenvalue weighted by Gasteiger charge is 2.39. The van der Waals surface area contributed by atoms with Crippen LogP contribution in [0.2, 0.25) is 0 Å². The second kappa shape index (κ2) is 3.89. The fourth-order valence-corrected chi connectivity index (χ4v) is 2.49. The number of carbonyl (C=O) groups is 1. The summed E-state index contributed by atoms with van der Waals surface area (Å²) in [5.74, 6) is -1.11. The quantitative estimate of drug-likeness (QED) is 0.734. The minimum atomic E-state index is -1.56. The van der Waals surface area contributed by atoms with Crippen LogP contribution in [0.4, 0.5) is 0 Å². The maximum Gasteiger partial charge on any atom is 0.335 e. The molecule has 1 fully saturated rings. The molecular formula is C11H20O3. The predicted octanol–water partition coefficient (Wildman–Crippen LogP) is 2.18. The molecular weight excluding hydrogens is 180 g/mol.